The number of hydrogen-bond acceptors (Lipinski definition) is 3. The highest BCUT2D eigenvalue weighted by Gasteiger charge is 2.21. The molecule has 0 saturated heterocycles. The first-order valence-electron chi connectivity index (χ1n) is 4.70. The molecule has 0 radical (unpaired) electrons. The van der Waals surface area contributed by atoms with Crippen molar-refractivity contribution in [1.82, 2.24) is 0 Å². The number of fused-ring (bicyclic) bond motifs is 1. The number of Topliss-reactive ketones (excluding diaryl/α,β-unsaturated/α-hetero) is 1. The molecular weight excluding hydrogens is 232 g/mol. The lowest BCUT2D eigenvalue weighted by Crippen LogP contribution is -2.03. The lowest BCUT2D eigenvalue weighted by molar-refractivity contribution is 0.0989. The molecule has 0 bridgehead atoms. The molecule has 2 rings (SSSR count). The van der Waals surface area contributed by atoms with Gasteiger partial charge in [-0.3, -0.25) is 4.79 Å². The number of carbonyl (C=O) groups is 1. The number of halogens is 1. The third-order valence-corrected chi connectivity index (χ3v) is 3.74. The summed E-state index contributed by atoms with van der Waals surface area (Å²) in [6.07, 6.45) is 0.560. The maximum Gasteiger partial charge on any atom is 0.165 e. The molecule has 0 N–H and O–H groups in total. The van der Waals surface area contributed by atoms with Crippen molar-refractivity contribution < 1.29 is 9.53 Å². The number of carbonyl (C=O) groups excluding carboxylic acids is 1. The van der Waals surface area contributed by atoms with Crippen LogP contribution in [0.2, 0.25) is 5.02 Å². The van der Waals surface area contributed by atoms with Crippen molar-refractivity contribution in [2.45, 2.75) is 12.2 Å². The number of thioether (sulfide) groups is 1. The molecule has 80 valence electrons. The van der Waals surface area contributed by atoms with E-state index in [-0.39, 0.29) is 5.78 Å². The van der Waals surface area contributed by atoms with Crippen LogP contribution in [0.25, 0.3) is 0 Å². The van der Waals surface area contributed by atoms with Gasteiger partial charge in [-0.05, 0) is 12.1 Å². The Kier molecular flexibility index (Phi) is 3.22. The third-order valence-electron chi connectivity index (χ3n) is 2.44. The number of benzene rings is 1. The molecule has 0 unspecified atom stereocenters. The molecule has 0 atom stereocenters. The summed E-state index contributed by atoms with van der Waals surface area (Å²) in [6, 6.07) is 3.55. The second-order valence-electron chi connectivity index (χ2n) is 3.33. The van der Waals surface area contributed by atoms with Crippen LogP contribution in [-0.2, 0) is 5.75 Å². The summed E-state index contributed by atoms with van der Waals surface area (Å²) < 4.78 is 5.25. The van der Waals surface area contributed by atoms with Gasteiger partial charge in [0.25, 0.3) is 0 Å². The first-order valence-corrected chi connectivity index (χ1v) is 6.23. The summed E-state index contributed by atoms with van der Waals surface area (Å²) in [7, 11) is 1.61. The van der Waals surface area contributed by atoms with Gasteiger partial charge in [0.05, 0.1) is 12.1 Å². The molecule has 0 fully saturated rings. The minimum Gasteiger partial charge on any atom is -0.496 e. The highest BCUT2D eigenvalue weighted by atomic mass is 35.5. The minimum atomic E-state index is 0.124. The monoisotopic (exact) mass is 242 g/mol. The van der Waals surface area contributed by atoms with Gasteiger partial charge in [0, 0.05) is 29.1 Å². The molecule has 1 aromatic rings. The Labute approximate surface area is 98.0 Å². The van der Waals surface area contributed by atoms with E-state index in [0.29, 0.717) is 17.0 Å². The Morgan fingerprint density at radius 2 is 2.27 bits per heavy atom. The molecule has 1 aliphatic rings. The molecule has 2 nitrogen and oxygen atoms in total. The molecule has 0 spiro atoms. The summed E-state index contributed by atoms with van der Waals surface area (Å²) >= 11 is 7.79. The van der Waals surface area contributed by atoms with E-state index in [9.17, 15) is 4.79 Å². The topological polar surface area (TPSA) is 26.3 Å². The molecule has 4 heteroatoms. The van der Waals surface area contributed by atoms with E-state index in [2.05, 4.69) is 0 Å². The maximum atomic E-state index is 11.8. The van der Waals surface area contributed by atoms with E-state index in [4.69, 9.17) is 16.3 Å². The zero-order valence-corrected chi connectivity index (χ0v) is 9.95. The fourth-order valence-electron chi connectivity index (χ4n) is 1.70. The molecule has 0 aromatic heterocycles. The minimum absolute atomic E-state index is 0.124. The molecule has 1 heterocycles. The van der Waals surface area contributed by atoms with Crippen molar-refractivity contribution in [2.75, 3.05) is 12.9 Å². The second-order valence-corrected chi connectivity index (χ2v) is 4.84. The van der Waals surface area contributed by atoms with Gasteiger partial charge in [0.15, 0.2) is 5.78 Å². The summed E-state index contributed by atoms with van der Waals surface area (Å²) in [5.41, 5.74) is 1.60. The predicted octanol–water partition coefficient (Wildman–Crippen LogP) is 3.17. The molecule has 1 aliphatic heterocycles. The van der Waals surface area contributed by atoms with Crippen molar-refractivity contribution in [3.63, 3.8) is 0 Å². The largest absolute Gasteiger partial charge is 0.496 e. The van der Waals surface area contributed by atoms with Crippen LogP contribution in [-0.4, -0.2) is 18.6 Å². The van der Waals surface area contributed by atoms with E-state index >= 15 is 0 Å². The Bertz CT molecular complexity index is 404. The number of ether oxygens (including phenoxy) is 1. The van der Waals surface area contributed by atoms with E-state index in [1.807, 2.05) is 6.07 Å². The lowest BCUT2D eigenvalue weighted by Gasteiger charge is -2.11. The Hall–Kier alpha value is -0.670. The quantitative estimate of drug-likeness (QED) is 0.757. The van der Waals surface area contributed by atoms with Crippen molar-refractivity contribution in [1.29, 1.82) is 0 Å². The van der Waals surface area contributed by atoms with E-state index in [1.54, 1.807) is 24.9 Å². The second kappa shape index (κ2) is 4.45. The normalized spacial score (nSPS) is 15.7. The van der Waals surface area contributed by atoms with E-state index in [1.165, 1.54) is 0 Å². The number of methoxy groups -OCH3 is 1. The van der Waals surface area contributed by atoms with Crippen molar-refractivity contribution in [2.24, 2.45) is 0 Å². The first kappa shape index (κ1) is 10.8. The molecule has 0 saturated carbocycles. The highest BCUT2D eigenvalue weighted by molar-refractivity contribution is 7.98. The number of rotatable bonds is 1. The Morgan fingerprint density at radius 3 is 3.00 bits per heavy atom. The van der Waals surface area contributed by atoms with Crippen LogP contribution in [0.4, 0.5) is 0 Å². The van der Waals surface area contributed by atoms with Gasteiger partial charge in [0.2, 0.25) is 0 Å². The summed E-state index contributed by atoms with van der Waals surface area (Å²) in [5, 5.41) is 0.540. The zero-order chi connectivity index (χ0) is 10.8. The van der Waals surface area contributed by atoms with Gasteiger partial charge >= 0.3 is 0 Å². The van der Waals surface area contributed by atoms with Gasteiger partial charge in [-0.1, -0.05) is 11.6 Å². The Balaban J connectivity index is 2.60. The maximum absolute atomic E-state index is 11.8. The standard InChI is InChI=1S/C11H11ClO2S/c1-14-10-3-2-8(12)11-7(10)6-15-5-4-9(11)13/h2-3H,4-6H2,1H3. The fraction of sp³-hybridized carbons (Fsp3) is 0.364. The molecule has 0 aliphatic carbocycles. The van der Waals surface area contributed by atoms with Gasteiger partial charge in [-0.2, -0.15) is 11.8 Å². The van der Waals surface area contributed by atoms with Crippen LogP contribution in [0.3, 0.4) is 0 Å². The van der Waals surface area contributed by atoms with Gasteiger partial charge < -0.3 is 4.74 Å². The highest BCUT2D eigenvalue weighted by Crippen LogP contribution is 2.35. The summed E-state index contributed by atoms with van der Waals surface area (Å²) in [4.78, 5) is 11.8. The van der Waals surface area contributed by atoms with Crippen molar-refractivity contribution in [3.05, 3.63) is 28.3 Å². The van der Waals surface area contributed by atoms with Crippen molar-refractivity contribution >= 4 is 29.1 Å². The molecular formula is C11H11ClO2S. The fourth-order valence-corrected chi connectivity index (χ4v) is 2.95. The summed E-state index contributed by atoms with van der Waals surface area (Å²) in [6.45, 7) is 0. The first-order chi connectivity index (χ1) is 7.24. The van der Waals surface area contributed by atoms with Gasteiger partial charge in [0.1, 0.15) is 5.75 Å². The number of hydrogen-bond donors (Lipinski definition) is 0. The van der Waals surface area contributed by atoms with Gasteiger partial charge in [-0.25, -0.2) is 0 Å². The zero-order valence-electron chi connectivity index (χ0n) is 8.38. The average Bonchev–Trinajstić information content (AvgIpc) is 2.42. The number of ketones is 1. The van der Waals surface area contributed by atoms with Gasteiger partial charge in [-0.15, -0.1) is 0 Å². The smallest absolute Gasteiger partial charge is 0.165 e. The third kappa shape index (κ3) is 1.99. The molecule has 0 amide bonds. The van der Waals surface area contributed by atoms with E-state index < -0.39 is 0 Å². The van der Waals surface area contributed by atoms with Crippen LogP contribution in [0.5, 0.6) is 5.75 Å². The van der Waals surface area contributed by atoms with Crippen LogP contribution >= 0.6 is 23.4 Å². The van der Waals surface area contributed by atoms with E-state index in [0.717, 1.165) is 22.8 Å². The SMILES string of the molecule is COc1ccc(Cl)c2c1CSCCC2=O. The summed E-state index contributed by atoms with van der Waals surface area (Å²) in [5.74, 6) is 2.54. The van der Waals surface area contributed by atoms with Crippen LogP contribution in [0.1, 0.15) is 22.3 Å². The lowest BCUT2D eigenvalue weighted by atomic mass is 10.0. The predicted molar refractivity (Wildman–Crippen MR) is 63.1 cm³/mol. The Morgan fingerprint density at radius 1 is 1.47 bits per heavy atom. The molecule has 1 aromatic carbocycles. The van der Waals surface area contributed by atoms with Crippen LogP contribution < -0.4 is 4.74 Å². The van der Waals surface area contributed by atoms with Crippen molar-refractivity contribution in [3.8, 4) is 5.75 Å². The average molecular weight is 243 g/mol. The molecule has 15 heavy (non-hydrogen) atoms. The van der Waals surface area contributed by atoms with Crippen LogP contribution in [0.15, 0.2) is 12.1 Å². The van der Waals surface area contributed by atoms with Crippen LogP contribution in [0, 0.1) is 0 Å².